The normalized spacial score (nSPS) is 14.6. The van der Waals surface area contributed by atoms with Crippen LogP contribution in [0, 0.1) is 5.82 Å². The first kappa shape index (κ1) is 13.4. The van der Waals surface area contributed by atoms with Gasteiger partial charge in [0.15, 0.2) is 0 Å². The standard InChI is InChI=1S/C16H14FNO3/c17-13-3-7-15(8-4-13)21-14-5-1-11(2-6-14)12-9-18(10-12)16(19)20/h1-8,12H,9-10H2,(H,19,20). The number of nitrogens with zero attached hydrogens (tertiary/aromatic N) is 1. The van der Waals surface area contributed by atoms with Crippen molar-refractivity contribution >= 4 is 6.09 Å². The Morgan fingerprint density at radius 3 is 2.10 bits per heavy atom. The summed E-state index contributed by atoms with van der Waals surface area (Å²) in [5.41, 5.74) is 1.10. The van der Waals surface area contributed by atoms with Gasteiger partial charge in [0.2, 0.25) is 0 Å². The van der Waals surface area contributed by atoms with Crippen LogP contribution in [0.1, 0.15) is 11.5 Å². The van der Waals surface area contributed by atoms with E-state index in [0.717, 1.165) is 5.56 Å². The van der Waals surface area contributed by atoms with Crippen LogP contribution >= 0.6 is 0 Å². The Kier molecular flexibility index (Phi) is 3.48. The first-order chi connectivity index (χ1) is 10.1. The van der Waals surface area contributed by atoms with Crippen molar-refractivity contribution in [2.45, 2.75) is 5.92 Å². The van der Waals surface area contributed by atoms with Gasteiger partial charge in [-0.3, -0.25) is 0 Å². The van der Waals surface area contributed by atoms with Gasteiger partial charge in [-0.05, 0) is 42.0 Å². The largest absolute Gasteiger partial charge is 0.465 e. The van der Waals surface area contributed by atoms with Gasteiger partial charge in [-0.15, -0.1) is 0 Å². The van der Waals surface area contributed by atoms with Gasteiger partial charge in [0.25, 0.3) is 0 Å². The molecular weight excluding hydrogens is 273 g/mol. The van der Waals surface area contributed by atoms with E-state index in [-0.39, 0.29) is 11.7 Å². The third kappa shape index (κ3) is 2.97. The van der Waals surface area contributed by atoms with Crippen molar-refractivity contribution in [2.24, 2.45) is 0 Å². The van der Waals surface area contributed by atoms with E-state index in [1.807, 2.05) is 24.3 Å². The summed E-state index contributed by atoms with van der Waals surface area (Å²) in [5, 5.41) is 8.80. The highest BCUT2D eigenvalue weighted by atomic mass is 19.1. The molecule has 4 nitrogen and oxygen atoms in total. The van der Waals surface area contributed by atoms with Crippen molar-refractivity contribution in [3.8, 4) is 11.5 Å². The summed E-state index contributed by atoms with van der Waals surface area (Å²) in [6, 6.07) is 13.4. The average Bonchev–Trinajstić information content (AvgIpc) is 2.41. The number of ether oxygens (including phenoxy) is 1. The Labute approximate surface area is 121 Å². The van der Waals surface area contributed by atoms with Crippen LogP contribution in [-0.2, 0) is 0 Å². The molecule has 0 bridgehead atoms. The molecule has 0 spiro atoms. The lowest BCUT2D eigenvalue weighted by molar-refractivity contribution is 0.105. The monoisotopic (exact) mass is 287 g/mol. The second-order valence-corrected chi connectivity index (χ2v) is 5.01. The minimum absolute atomic E-state index is 0.251. The van der Waals surface area contributed by atoms with E-state index < -0.39 is 6.09 Å². The van der Waals surface area contributed by atoms with E-state index in [0.29, 0.717) is 24.6 Å². The van der Waals surface area contributed by atoms with Crippen LogP contribution < -0.4 is 4.74 Å². The van der Waals surface area contributed by atoms with Crippen molar-refractivity contribution in [1.29, 1.82) is 0 Å². The lowest BCUT2D eigenvalue weighted by atomic mass is 9.92. The van der Waals surface area contributed by atoms with E-state index in [4.69, 9.17) is 9.84 Å². The zero-order valence-electron chi connectivity index (χ0n) is 11.2. The maximum Gasteiger partial charge on any atom is 0.407 e. The van der Waals surface area contributed by atoms with Gasteiger partial charge in [0.05, 0.1) is 0 Å². The topological polar surface area (TPSA) is 49.8 Å². The summed E-state index contributed by atoms with van der Waals surface area (Å²) in [5.74, 6) is 1.19. The molecule has 1 amide bonds. The van der Waals surface area contributed by atoms with Gasteiger partial charge in [-0.2, -0.15) is 0 Å². The number of likely N-dealkylation sites (tertiary alicyclic amines) is 1. The fraction of sp³-hybridized carbons (Fsp3) is 0.188. The fourth-order valence-corrected chi connectivity index (χ4v) is 2.29. The van der Waals surface area contributed by atoms with Crippen molar-refractivity contribution in [3.05, 3.63) is 59.9 Å². The molecule has 2 aromatic carbocycles. The summed E-state index contributed by atoms with van der Waals surface area (Å²) < 4.78 is 18.4. The van der Waals surface area contributed by atoms with Gasteiger partial charge in [-0.1, -0.05) is 12.1 Å². The first-order valence-electron chi connectivity index (χ1n) is 6.63. The number of hydrogen-bond donors (Lipinski definition) is 1. The summed E-state index contributed by atoms with van der Waals surface area (Å²) >= 11 is 0. The highest BCUT2D eigenvalue weighted by Gasteiger charge is 2.31. The predicted molar refractivity (Wildman–Crippen MR) is 75.3 cm³/mol. The second kappa shape index (κ2) is 5.44. The van der Waals surface area contributed by atoms with Crippen LogP contribution in [0.4, 0.5) is 9.18 Å². The number of carboxylic acid groups (broad SMARTS) is 1. The van der Waals surface area contributed by atoms with E-state index >= 15 is 0 Å². The third-order valence-corrected chi connectivity index (χ3v) is 3.55. The number of benzene rings is 2. The van der Waals surface area contributed by atoms with Crippen LogP contribution in [0.15, 0.2) is 48.5 Å². The van der Waals surface area contributed by atoms with E-state index in [9.17, 15) is 9.18 Å². The zero-order valence-corrected chi connectivity index (χ0v) is 11.2. The molecule has 5 heteroatoms. The first-order valence-corrected chi connectivity index (χ1v) is 6.63. The van der Waals surface area contributed by atoms with Gasteiger partial charge >= 0.3 is 6.09 Å². The number of halogens is 1. The summed E-state index contributed by atoms with van der Waals surface area (Å²) in [4.78, 5) is 12.1. The molecule has 21 heavy (non-hydrogen) atoms. The van der Waals surface area contributed by atoms with Crippen molar-refractivity contribution in [1.82, 2.24) is 4.90 Å². The SMILES string of the molecule is O=C(O)N1CC(c2ccc(Oc3ccc(F)cc3)cc2)C1. The number of carbonyl (C=O) groups is 1. The van der Waals surface area contributed by atoms with Gasteiger partial charge < -0.3 is 14.7 Å². The van der Waals surface area contributed by atoms with Gasteiger partial charge in [0, 0.05) is 19.0 Å². The third-order valence-electron chi connectivity index (χ3n) is 3.55. The minimum atomic E-state index is -0.873. The zero-order chi connectivity index (χ0) is 14.8. The molecule has 1 N–H and O–H groups in total. The fourth-order valence-electron chi connectivity index (χ4n) is 2.29. The summed E-state index contributed by atoms with van der Waals surface area (Å²) in [6.07, 6.45) is -0.873. The lowest BCUT2D eigenvalue weighted by Gasteiger charge is -2.37. The van der Waals surface area contributed by atoms with E-state index in [2.05, 4.69) is 0 Å². The van der Waals surface area contributed by atoms with Crippen LogP contribution in [0.2, 0.25) is 0 Å². The lowest BCUT2D eigenvalue weighted by Crippen LogP contribution is -2.47. The van der Waals surface area contributed by atoms with Crippen LogP contribution in [0.25, 0.3) is 0 Å². The molecule has 108 valence electrons. The number of amides is 1. The highest BCUT2D eigenvalue weighted by molar-refractivity contribution is 5.66. The number of rotatable bonds is 3. The van der Waals surface area contributed by atoms with Crippen LogP contribution in [-0.4, -0.2) is 29.2 Å². The second-order valence-electron chi connectivity index (χ2n) is 5.01. The molecule has 1 fully saturated rings. The molecule has 3 rings (SSSR count). The summed E-state index contributed by atoms with van der Waals surface area (Å²) in [7, 11) is 0. The minimum Gasteiger partial charge on any atom is -0.465 e. The Morgan fingerprint density at radius 2 is 1.57 bits per heavy atom. The smallest absolute Gasteiger partial charge is 0.407 e. The van der Waals surface area contributed by atoms with Crippen molar-refractivity contribution in [3.63, 3.8) is 0 Å². The average molecular weight is 287 g/mol. The van der Waals surface area contributed by atoms with Crippen LogP contribution in [0.5, 0.6) is 11.5 Å². The Morgan fingerprint density at radius 1 is 1.05 bits per heavy atom. The molecule has 0 aromatic heterocycles. The molecule has 1 aliphatic rings. The molecule has 0 atom stereocenters. The molecule has 0 unspecified atom stereocenters. The predicted octanol–water partition coefficient (Wildman–Crippen LogP) is 3.70. The molecule has 1 heterocycles. The molecule has 0 aliphatic carbocycles. The number of hydrogen-bond acceptors (Lipinski definition) is 2. The Hall–Kier alpha value is -2.56. The van der Waals surface area contributed by atoms with E-state index in [1.54, 1.807) is 12.1 Å². The molecular formula is C16H14FNO3. The molecule has 0 saturated carbocycles. The Bertz CT molecular complexity index is 634. The van der Waals surface area contributed by atoms with Crippen LogP contribution in [0.3, 0.4) is 0 Å². The molecule has 2 aromatic rings. The molecule has 0 radical (unpaired) electrons. The molecule has 1 aliphatic heterocycles. The Balaban J connectivity index is 1.62. The maximum absolute atomic E-state index is 12.8. The maximum atomic E-state index is 12.8. The van der Waals surface area contributed by atoms with E-state index in [1.165, 1.54) is 17.0 Å². The van der Waals surface area contributed by atoms with Crippen molar-refractivity contribution in [2.75, 3.05) is 13.1 Å². The molecule has 1 saturated heterocycles. The summed E-state index contributed by atoms with van der Waals surface area (Å²) in [6.45, 7) is 1.07. The van der Waals surface area contributed by atoms with Gasteiger partial charge in [-0.25, -0.2) is 9.18 Å². The quantitative estimate of drug-likeness (QED) is 0.936. The van der Waals surface area contributed by atoms with Gasteiger partial charge in [0.1, 0.15) is 17.3 Å². The van der Waals surface area contributed by atoms with Crippen molar-refractivity contribution < 1.29 is 19.0 Å². The highest BCUT2D eigenvalue weighted by Crippen LogP contribution is 2.29.